The molecule has 0 saturated carbocycles. The Morgan fingerprint density at radius 3 is 2.27 bits per heavy atom. The van der Waals surface area contributed by atoms with Gasteiger partial charge >= 0.3 is 0 Å². The Labute approximate surface area is 64.7 Å². The number of hydrogen-bond donors (Lipinski definition) is 1. The van der Waals surface area contributed by atoms with E-state index in [1.165, 1.54) is 0 Å². The van der Waals surface area contributed by atoms with E-state index in [0.717, 1.165) is 5.22 Å². The molecular formula is C9H9O2-. The Balaban J connectivity index is 3.34. The van der Waals surface area contributed by atoms with Crippen molar-refractivity contribution in [2.24, 2.45) is 0 Å². The van der Waals surface area contributed by atoms with Crippen LogP contribution in [0.3, 0.4) is 0 Å². The molecule has 0 aromatic heterocycles. The van der Waals surface area contributed by atoms with Crippen LogP contribution >= 0.6 is 0 Å². The molecule has 0 saturated heterocycles. The van der Waals surface area contributed by atoms with Crippen LogP contribution in [0.15, 0.2) is 24.3 Å². The first kappa shape index (κ1) is 7.66. The number of hydrogen-bond acceptors (Lipinski definition) is 2. The van der Waals surface area contributed by atoms with Crippen LogP contribution in [0.2, 0.25) is 0 Å². The fraction of sp³-hybridized carbons (Fsp3) is 0.111. The van der Waals surface area contributed by atoms with E-state index in [0.29, 0.717) is 5.22 Å². The lowest BCUT2D eigenvalue weighted by atomic mass is 10.2. The molecule has 2 heteroatoms. The van der Waals surface area contributed by atoms with Crippen molar-refractivity contribution in [3.05, 3.63) is 34.7 Å². The fourth-order valence-corrected chi connectivity index (χ4v) is 0.818. The first-order valence-corrected chi connectivity index (χ1v) is 3.37. The normalized spacial score (nSPS) is 9.18. The number of aliphatic hydroxyl groups excluding tert-OH is 1. The zero-order valence-corrected chi connectivity index (χ0v) is 6.24. The van der Waals surface area contributed by atoms with Gasteiger partial charge in [-0.15, -0.1) is 0 Å². The summed E-state index contributed by atoms with van der Waals surface area (Å²) in [5, 5.41) is 20.3. The molecule has 1 rings (SSSR count). The van der Waals surface area contributed by atoms with Crippen LogP contribution in [0.5, 0.6) is 0 Å². The van der Waals surface area contributed by atoms with Gasteiger partial charge in [0.25, 0.3) is 0 Å². The number of benzene rings is 1. The van der Waals surface area contributed by atoms with Crippen molar-refractivity contribution < 1.29 is 10.2 Å². The van der Waals surface area contributed by atoms with E-state index in [-0.39, 0.29) is 0 Å². The highest BCUT2D eigenvalue weighted by molar-refractivity contribution is 5.26. The summed E-state index contributed by atoms with van der Waals surface area (Å²) in [6.07, 6.45) is 1.92. The predicted molar refractivity (Wildman–Crippen MR) is 41.9 cm³/mol. The van der Waals surface area contributed by atoms with E-state index in [4.69, 9.17) is 5.11 Å². The van der Waals surface area contributed by atoms with Gasteiger partial charge in [-0.2, -0.15) is 0 Å². The van der Waals surface area contributed by atoms with E-state index in [1.54, 1.807) is 24.3 Å². The summed E-state index contributed by atoms with van der Waals surface area (Å²) in [6.45, 7) is 1.91. The molecule has 58 valence electrons. The van der Waals surface area contributed by atoms with Crippen LogP contribution in [0.1, 0.15) is 6.92 Å². The Bertz CT molecular complexity index is 325. The third kappa shape index (κ3) is 1.74. The Hall–Kier alpha value is -1.44. The van der Waals surface area contributed by atoms with E-state index in [2.05, 4.69) is 0 Å². The second-order valence-corrected chi connectivity index (χ2v) is 2.22. The van der Waals surface area contributed by atoms with Gasteiger partial charge in [0, 0.05) is 0 Å². The monoisotopic (exact) mass is 149 g/mol. The van der Waals surface area contributed by atoms with Gasteiger partial charge in [-0.25, -0.2) is 0 Å². The lowest BCUT2D eigenvalue weighted by molar-refractivity contribution is -0.283. The summed E-state index contributed by atoms with van der Waals surface area (Å²) < 4.78 is 0. The summed E-state index contributed by atoms with van der Waals surface area (Å²) >= 11 is 0. The molecule has 0 atom stereocenters. The summed E-state index contributed by atoms with van der Waals surface area (Å²) in [5.74, 6) is -0.882. The highest BCUT2D eigenvalue weighted by Gasteiger charge is 1.79. The molecule has 1 aromatic rings. The van der Waals surface area contributed by atoms with Crippen molar-refractivity contribution in [3.8, 4) is 0 Å². The average molecular weight is 149 g/mol. The Morgan fingerprint density at radius 1 is 1.36 bits per heavy atom. The topological polar surface area (TPSA) is 43.3 Å². The van der Waals surface area contributed by atoms with Gasteiger partial charge in [0.05, 0.1) is 5.95 Å². The predicted octanol–water partition coefficient (Wildman–Crippen LogP) is -0.529. The molecule has 0 spiro atoms. The molecule has 1 aromatic carbocycles. The zero-order chi connectivity index (χ0) is 8.27. The summed E-state index contributed by atoms with van der Waals surface area (Å²) in [7, 11) is 0. The molecule has 0 bridgehead atoms. The molecule has 0 radical (unpaired) electrons. The Morgan fingerprint density at radius 2 is 1.91 bits per heavy atom. The van der Waals surface area contributed by atoms with Crippen molar-refractivity contribution in [1.82, 2.24) is 0 Å². The number of aliphatic hydroxyl groups is 1. The molecular weight excluding hydrogens is 140 g/mol. The average Bonchev–Trinajstić information content (AvgIpc) is 2.05. The minimum absolute atomic E-state index is 0.329. The maximum absolute atomic E-state index is 10.4. The maximum Gasteiger partial charge on any atom is 0.0557 e. The van der Waals surface area contributed by atoms with Crippen molar-refractivity contribution >= 4 is 12.0 Å². The second-order valence-electron chi connectivity index (χ2n) is 2.22. The van der Waals surface area contributed by atoms with Crippen molar-refractivity contribution in [2.75, 3.05) is 0 Å². The van der Waals surface area contributed by atoms with Crippen molar-refractivity contribution in [1.29, 1.82) is 0 Å². The molecule has 0 aliphatic heterocycles. The van der Waals surface area contributed by atoms with E-state index >= 15 is 0 Å². The molecule has 2 nitrogen and oxygen atoms in total. The highest BCUT2D eigenvalue weighted by Crippen LogP contribution is 1.72. The number of rotatable bonds is 0. The molecule has 0 aliphatic carbocycles. The molecule has 0 amide bonds. The SMILES string of the molecule is CC=c1ccc(=C([O-])O)cc1. The highest BCUT2D eigenvalue weighted by atomic mass is 16.5. The summed E-state index contributed by atoms with van der Waals surface area (Å²) in [5.41, 5.74) is 0. The van der Waals surface area contributed by atoms with Crippen molar-refractivity contribution in [3.63, 3.8) is 0 Å². The van der Waals surface area contributed by atoms with Gasteiger partial charge in [-0.05, 0) is 17.4 Å². The summed E-state index contributed by atoms with van der Waals surface area (Å²) in [6, 6.07) is 6.75. The van der Waals surface area contributed by atoms with Crippen LogP contribution < -0.4 is 15.5 Å². The van der Waals surface area contributed by atoms with E-state index < -0.39 is 5.95 Å². The molecule has 0 fully saturated rings. The van der Waals surface area contributed by atoms with Gasteiger partial charge in [0.15, 0.2) is 0 Å². The first-order chi connectivity index (χ1) is 5.24. The van der Waals surface area contributed by atoms with Gasteiger partial charge in [-0.3, -0.25) is 0 Å². The molecule has 0 unspecified atom stereocenters. The molecule has 1 N–H and O–H groups in total. The van der Waals surface area contributed by atoms with Gasteiger partial charge in [0.1, 0.15) is 0 Å². The molecule has 0 aliphatic rings. The van der Waals surface area contributed by atoms with Gasteiger partial charge in [0.2, 0.25) is 0 Å². The minimum atomic E-state index is -0.882. The second kappa shape index (κ2) is 3.10. The third-order valence-electron chi connectivity index (χ3n) is 1.49. The van der Waals surface area contributed by atoms with Gasteiger partial charge < -0.3 is 10.2 Å². The largest absolute Gasteiger partial charge is 0.629 e. The molecule has 0 heterocycles. The van der Waals surface area contributed by atoms with Crippen LogP contribution in [0, 0.1) is 0 Å². The quantitative estimate of drug-likeness (QED) is 0.539. The summed E-state index contributed by atoms with van der Waals surface area (Å²) in [4.78, 5) is 0. The lowest BCUT2D eigenvalue weighted by Crippen LogP contribution is -2.16. The van der Waals surface area contributed by atoms with Crippen LogP contribution in [0.4, 0.5) is 0 Å². The van der Waals surface area contributed by atoms with E-state index in [9.17, 15) is 5.11 Å². The zero-order valence-electron chi connectivity index (χ0n) is 6.24. The maximum atomic E-state index is 10.4. The van der Waals surface area contributed by atoms with Crippen LogP contribution in [-0.4, -0.2) is 5.11 Å². The van der Waals surface area contributed by atoms with Gasteiger partial charge in [-0.1, -0.05) is 30.3 Å². The standard InChI is InChI=1S/C9H10O2/c1-2-7-3-5-8(6-4-7)9(10)11/h2-6,10-11H,1H3/p-1. The lowest BCUT2D eigenvalue weighted by Gasteiger charge is -1.96. The molecule has 11 heavy (non-hydrogen) atoms. The van der Waals surface area contributed by atoms with Crippen LogP contribution in [-0.2, 0) is 0 Å². The van der Waals surface area contributed by atoms with Crippen LogP contribution in [0.25, 0.3) is 12.0 Å². The fourth-order valence-electron chi connectivity index (χ4n) is 0.818. The smallest absolute Gasteiger partial charge is 0.0557 e. The van der Waals surface area contributed by atoms with Crippen molar-refractivity contribution in [2.45, 2.75) is 6.92 Å². The third-order valence-corrected chi connectivity index (χ3v) is 1.49. The van der Waals surface area contributed by atoms with E-state index in [1.807, 2.05) is 13.0 Å². The Kier molecular flexibility index (Phi) is 2.16. The first-order valence-electron chi connectivity index (χ1n) is 3.37. The minimum Gasteiger partial charge on any atom is -0.629 e.